The third-order valence-electron chi connectivity index (χ3n) is 10.6. The molecule has 0 radical (unpaired) electrons. The highest BCUT2D eigenvalue weighted by Gasteiger charge is 2.32. The number of phenolic OH excluding ortho intramolecular Hbond substituents is 1. The molecule has 3 heterocycles. The van der Waals surface area contributed by atoms with Gasteiger partial charge >= 0.3 is 12.1 Å². The van der Waals surface area contributed by atoms with Crippen molar-refractivity contribution in [3.8, 4) is 5.75 Å². The van der Waals surface area contributed by atoms with Gasteiger partial charge in [0.2, 0.25) is 0 Å². The molecule has 2 aromatic rings. The number of likely N-dealkylation sites (tertiary alicyclic amines) is 1. The predicted octanol–water partition coefficient (Wildman–Crippen LogP) is 8.23. The number of aliphatic hydroxyl groups is 4. The van der Waals surface area contributed by atoms with Crippen LogP contribution in [-0.4, -0.2) is 124 Å². The number of carbonyl (C=O) groups excluding carboxylic acids is 3. The number of aliphatic hydroxyl groups excluding tert-OH is 4. The molecule has 5 rings (SSSR count). The minimum absolute atomic E-state index is 0.0731. The summed E-state index contributed by atoms with van der Waals surface area (Å²) >= 11 is 0. The van der Waals surface area contributed by atoms with Gasteiger partial charge in [0.15, 0.2) is 5.78 Å². The average molecular weight is 861 g/mol. The van der Waals surface area contributed by atoms with Crippen molar-refractivity contribution in [1.29, 1.82) is 0 Å². The molecule has 2 aromatic carbocycles. The van der Waals surface area contributed by atoms with Crippen molar-refractivity contribution in [3.63, 3.8) is 0 Å². The number of fused-ring (bicyclic) bond motifs is 1. The zero-order valence-corrected chi connectivity index (χ0v) is 38.9. The summed E-state index contributed by atoms with van der Waals surface area (Å²) in [6.45, 7) is 16.6. The van der Waals surface area contributed by atoms with E-state index in [2.05, 4.69) is 52.2 Å². The number of unbranched alkanes of at least 4 members (excludes halogenated alkanes) is 7. The smallest absolute Gasteiger partial charge is 0.322 e. The van der Waals surface area contributed by atoms with Gasteiger partial charge in [0.1, 0.15) is 18.0 Å². The maximum atomic E-state index is 12.8. The second-order valence-electron chi connectivity index (χ2n) is 15.6. The van der Waals surface area contributed by atoms with Crippen molar-refractivity contribution in [2.75, 3.05) is 45.3 Å². The van der Waals surface area contributed by atoms with E-state index in [1.165, 1.54) is 71.1 Å². The lowest BCUT2D eigenvalue weighted by atomic mass is 10.0. The van der Waals surface area contributed by atoms with Crippen molar-refractivity contribution in [3.05, 3.63) is 59.7 Å². The number of urea groups is 2. The molecule has 0 aliphatic carbocycles. The van der Waals surface area contributed by atoms with Crippen LogP contribution >= 0.6 is 0 Å². The molecule has 0 spiro atoms. The molecule has 0 aromatic heterocycles. The van der Waals surface area contributed by atoms with E-state index in [4.69, 9.17) is 25.2 Å². The first kappa shape index (κ1) is 57.2. The van der Waals surface area contributed by atoms with Crippen LogP contribution in [0.15, 0.2) is 48.5 Å². The lowest BCUT2D eigenvalue weighted by molar-refractivity contribution is -0.147. The number of nitrogens with one attached hydrogen (secondary N) is 2. The molecular weight excluding hydrogens is 777 g/mol. The number of ether oxygens (including phenoxy) is 1. The highest BCUT2D eigenvalue weighted by atomic mass is 16.5. The molecule has 13 heteroatoms. The molecule has 61 heavy (non-hydrogen) atoms. The number of carbonyl (C=O) groups is 3. The summed E-state index contributed by atoms with van der Waals surface area (Å²) in [5.41, 5.74) is 2.86. The molecule has 7 N–H and O–H groups in total. The predicted molar refractivity (Wildman–Crippen MR) is 247 cm³/mol. The Balaban J connectivity index is 0.00000104. The van der Waals surface area contributed by atoms with Crippen LogP contribution in [0.25, 0.3) is 0 Å². The number of rotatable bonds is 13. The molecule has 350 valence electrons. The van der Waals surface area contributed by atoms with Crippen molar-refractivity contribution >= 4 is 23.5 Å². The van der Waals surface area contributed by atoms with Gasteiger partial charge in [-0.05, 0) is 68.4 Å². The molecule has 4 atom stereocenters. The number of hydrogen-bond donors (Lipinski definition) is 7. The number of anilines is 1. The fourth-order valence-electron chi connectivity index (χ4n) is 6.57. The number of piperidine rings is 1. The van der Waals surface area contributed by atoms with Gasteiger partial charge < -0.3 is 50.7 Å². The molecule has 2 saturated heterocycles. The Morgan fingerprint density at radius 1 is 0.803 bits per heavy atom. The Labute approximate surface area is 368 Å². The summed E-state index contributed by atoms with van der Waals surface area (Å²) in [5.74, 6) is 0.0408. The molecule has 2 fully saturated rings. The topological polar surface area (TPSA) is 192 Å². The number of amides is 4. The monoisotopic (exact) mass is 861 g/mol. The normalized spacial score (nSPS) is 18.7. The second-order valence-corrected chi connectivity index (χ2v) is 15.6. The molecule has 4 amide bonds. The van der Waals surface area contributed by atoms with Crippen molar-refractivity contribution in [2.45, 2.75) is 175 Å². The van der Waals surface area contributed by atoms with Gasteiger partial charge in [-0.15, -0.1) is 0 Å². The van der Waals surface area contributed by atoms with E-state index in [1.54, 1.807) is 29.2 Å². The van der Waals surface area contributed by atoms with Crippen LogP contribution in [0.3, 0.4) is 0 Å². The van der Waals surface area contributed by atoms with Gasteiger partial charge in [-0.2, -0.15) is 0 Å². The van der Waals surface area contributed by atoms with E-state index in [9.17, 15) is 19.5 Å². The first-order valence-electron chi connectivity index (χ1n) is 22.9. The number of benzene rings is 2. The fourth-order valence-corrected chi connectivity index (χ4v) is 6.57. The van der Waals surface area contributed by atoms with Crippen molar-refractivity contribution in [2.24, 2.45) is 0 Å². The number of phenols is 1. The third kappa shape index (κ3) is 23.9. The maximum Gasteiger partial charge on any atom is 0.322 e. The zero-order valence-electron chi connectivity index (χ0n) is 38.9. The molecule has 0 bridgehead atoms. The number of aromatic hydroxyl groups is 1. The number of hydrogen-bond acceptors (Lipinski definition) is 9. The van der Waals surface area contributed by atoms with E-state index < -0.39 is 24.4 Å². The summed E-state index contributed by atoms with van der Waals surface area (Å²) in [6, 6.07) is 13.6. The fraction of sp³-hybridized carbons (Fsp3) is 0.688. The molecule has 13 nitrogen and oxygen atoms in total. The van der Waals surface area contributed by atoms with Gasteiger partial charge in [-0.3, -0.25) is 4.79 Å². The van der Waals surface area contributed by atoms with Gasteiger partial charge in [0, 0.05) is 45.1 Å². The molecule has 3 unspecified atom stereocenters. The minimum Gasteiger partial charge on any atom is -0.508 e. The standard InChI is InChI=1S/C25H30N4O4.C7H16.C6H12O4.C5H12.C4H10.CH4O/c1-17(30)23(16-18-6-8-21(31)9-7-18)27-24(32)28-13-11-20(12-14-28)29-15-10-19-4-2-3-5-22(19)26-25(29)33;1-3-5-7-6-4-2;7-3-5-6(9)4(8)1-2-10-5;1-3-5-4-2;1-3-4-2;1-2/h2-9,20,23,31H,10-16H2,1H3,(H,26,33)(H,27,32);3-7H2,1-2H3;4-9H,1-3H2;3-5H2,1-2H3;3-4H2,1-2H3;2H,1H3/t23-;;;;;/m1...../s1. The molecule has 0 saturated carbocycles. The van der Waals surface area contributed by atoms with Gasteiger partial charge in [0.25, 0.3) is 0 Å². The SMILES string of the molecule is CC(=O)[C@@H](Cc1ccc(O)cc1)NC(=O)N1CCC(N2CCc3ccccc3NC2=O)CC1.CCCC.CCCCC.CCCCCCC.CO.OCC1OCCC(O)C1O. The molecule has 3 aliphatic rings. The van der Waals surface area contributed by atoms with Crippen LogP contribution in [0, 0.1) is 0 Å². The summed E-state index contributed by atoms with van der Waals surface area (Å²) in [6.07, 6.45) is 14.4. The van der Waals surface area contributed by atoms with Crippen LogP contribution in [0.2, 0.25) is 0 Å². The second kappa shape index (κ2) is 35.8. The third-order valence-corrected chi connectivity index (χ3v) is 10.6. The summed E-state index contributed by atoms with van der Waals surface area (Å²) < 4.78 is 4.95. The lowest BCUT2D eigenvalue weighted by Crippen LogP contribution is -2.54. The summed E-state index contributed by atoms with van der Waals surface area (Å²) in [7, 11) is 1.00. The van der Waals surface area contributed by atoms with E-state index in [-0.39, 0.29) is 36.2 Å². The van der Waals surface area contributed by atoms with E-state index in [1.807, 2.05) is 29.2 Å². The lowest BCUT2D eigenvalue weighted by Gasteiger charge is -2.38. The van der Waals surface area contributed by atoms with E-state index >= 15 is 0 Å². The van der Waals surface area contributed by atoms with E-state index in [0.29, 0.717) is 51.9 Å². The Bertz CT molecular complexity index is 1400. The van der Waals surface area contributed by atoms with Crippen LogP contribution in [-0.2, 0) is 22.4 Å². The van der Waals surface area contributed by atoms with Crippen LogP contribution in [0.1, 0.15) is 143 Å². The highest BCUT2D eigenvalue weighted by molar-refractivity contribution is 5.91. The summed E-state index contributed by atoms with van der Waals surface area (Å²) in [4.78, 5) is 41.3. The maximum absolute atomic E-state index is 12.8. The van der Waals surface area contributed by atoms with Crippen LogP contribution in [0.5, 0.6) is 5.75 Å². The van der Waals surface area contributed by atoms with Crippen LogP contribution < -0.4 is 10.6 Å². The first-order valence-corrected chi connectivity index (χ1v) is 22.9. The van der Waals surface area contributed by atoms with Gasteiger partial charge in [-0.25, -0.2) is 9.59 Å². The zero-order chi connectivity index (χ0) is 46.0. The minimum atomic E-state index is -0.932. The Morgan fingerprint density at radius 3 is 1.87 bits per heavy atom. The Kier molecular flexibility index (Phi) is 33.6. The Morgan fingerprint density at radius 2 is 1.38 bits per heavy atom. The van der Waals surface area contributed by atoms with Crippen molar-refractivity contribution in [1.82, 2.24) is 15.1 Å². The van der Waals surface area contributed by atoms with Crippen molar-refractivity contribution < 1.29 is 44.7 Å². The molecule has 3 aliphatic heterocycles. The van der Waals surface area contributed by atoms with E-state index in [0.717, 1.165) is 30.3 Å². The quantitative estimate of drug-likeness (QED) is 0.0973. The van der Waals surface area contributed by atoms with Gasteiger partial charge in [-0.1, -0.05) is 136 Å². The molecular formula is C48H84N4O9. The highest BCUT2D eigenvalue weighted by Crippen LogP contribution is 2.25. The van der Waals surface area contributed by atoms with Gasteiger partial charge in [0.05, 0.1) is 18.8 Å². The Hall–Kier alpha value is -3.75. The van der Waals surface area contributed by atoms with Crippen LogP contribution in [0.4, 0.5) is 15.3 Å². The number of Topliss-reactive ketones (excluding diaryl/α,β-unsaturated/α-hetero) is 1. The number of para-hydroxylation sites is 1. The largest absolute Gasteiger partial charge is 0.508 e. The summed E-state index contributed by atoms with van der Waals surface area (Å²) in [5, 5.41) is 49.0. The number of nitrogens with zero attached hydrogens (tertiary/aromatic N) is 2. The number of ketones is 1. The average Bonchev–Trinajstić information content (AvgIpc) is 3.45. The first-order chi connectivity index (χ1) is 29.4.